The fourth-order valence-corrected chi connectivity index (χ4v) is 4.68. The van der Waals surface area contributed by atoms with Gasteiger partial charge in [-0.1, -0.05) is 78.9 Å². The van der Waals surface area contributed by atoms with E-state index in [9.17, 15) is 10.2 Å². The van der Waals surface area contributed by atoms with Crippen LogP contribution in [0.4, 0.5) is 17.1 Å². The van der Waals surface area contributed by atoms with Gasteiger partial charge in [-0.3, -0.25) is 0 Å². The summed E-state index contributed by atoms with van der Waals surface area (Å²) in [6, 6.07) is 47.6. The Balaban J connectivity index is 1.35. The molecule has 0 unspecified atom stereocenters. The van der Waals surface area contributed by atoms with Gasteiger partial charge in [0.15, 0.2) is 0 Å². The monoisotopic (exact) mass is 563 g/mol. The number of phenols is 2. The molecule has 6 aromatic carbocycles. The van der Waals surface area contributed by atoms with E-state index in [4.69, 9.17) is 9.47 Å². The Bertz CT molecular complexity index is 1760. The molecule has 0 aliphatic rings. The quantitative estimate of drug-likeness (QED) is 0.171. The zero-order valence-electron chi connectivity index (χ0n) is 23.2. The smallest absolute Gasteiger partial charge is 0.131 e. The first kappa shape index (κ1) is 27.2. The maximum atomic E-state index is 9.88. The number of phenolic OH excluding ortho intramolecular Hbond substituents is 2. The number of hydrogen-bond acceptors (Lipinski definition) is 5. The molecule has 0 saturated heterocycles. The van der Waals surface area contributed by atoms with Crippen molar-refractivity contribution in [2.75, 3.05) is 4.90 Å². The minimum absolute atomic E-state index is 0.139. The molecule has 2 N–H and O–H groups in total. The van der Waals surface area contributed by atoms with Crippen LogP contribution in [0.5, 0.6) is 34.5 Å². The Morgan fingerprint density at radius 3 is 1.33 bits per heavy atom. The van der Waals surface area contributed by atoms with Crippen molar-refractivity contribution >= 4 is 29.2 Å². The SMILES string of the molecule is Oc1cccc(Oc2cccc(N(c3ccc(/C=C/c4ccccc4)cc3)c3cccc(Oc4cccc(O)c4)c3)c2)c1. The molecule has 0 spiro atoms. The molecule has 6 aromatic rings. The summed E-state index contributed by atoms with van der Waals surface area (Å²) in [4.78, 5) is 2.12. The van der Waals surface area contributed by atoms with E-state index >= 15 is 0 Å². The molecule has 210 valence electrons. The lowest BCUT2D eigenvalue weighted by molar-refractivity contribution is 0.454. The van der Waals surface area contributed by atoms with Gasteiger partial charge in [0.1, 0.15) is 34.5 Å². The average molecular weight is 564 g/mol. The predicted molar refractivity (Wildman–Crippen MR) is 173 cm³/mol. The first-order valence-corrected chi connectivity index (χ1v) is 13.9. The zero-order valence-corrected chi connectivity index (χ0v) is 23.2. The predicted octanol–water partition coefficient (Wildman–Crippen LogP) is 10.3. The standard InChI is InChI=1S/C38H29NO4/c40-33-12-6-16-37(26-33)42-35-14-4-10-31(24-35)39(30-22-20-29(21-23-30)19-18-28-8-2-1-3-9-28)32-11-5-15-36(25-32)43-38-17-7-13-34(41)27-38/h1-27,40-41H/b19-18+. The van der Waals surface area contributed by atoms with E-state index < -0.39 is 0 Å². The second-order valence-electron chi connectivity index (χ2n) is 9.86. The Labute approximate surface area is 250 Å². The highest BCUT2D eigenvalue weighted by Crippen LogP contribution is 2.39. The van der Waals surface area contributed by atoms with Crippen LogP contribution in [0.3, 0.4) is 0 Å². The molecule has 0 atom stereocenters. The van der Waals surface area contributed by atoms with Gasteiger partial charge in [0.25, 0.3) is 0 Å². The topological polar surface area (TPSA) is 62.2 Å². The Morgan fingerprint density at radius 2 is 0.837 bits per heavy atom. The Morgan fingerprint density at radius 1 is 0.395 bits per heavy atom. The van der Waals surface area contributed by atoms with Crippen molar-refractivity contribution in [1.82, 2.24) is 0 Å². The number of ether oxygens (including phenoxy) is 2. The molecule has 0 fully saturated rings. The molecule has 6 rings (SSSR count). The van der Waals surface area contributed by atoms with Gasteiger partial charge in [0, 0.05) is 41.3 Å². The van der Waals surface area contributed by atoms with Crippen molar-refractivity contribution in [3.63, 3.8) is 0 Å². The second-order valence-corrected chi connectivity index (χ2v) is 9.86. The normalized spacial score (nSPS) is 10.9. The highest BCUT2D eigenvalue weighted by Gasteiger charge is 2.15. The first-order valence-electron chi connectivity index (χ1n) is 13.9. The van der Waals surface area contributed by atoms with E-state index in [1.54, 1.807) is 48.5 Å². The minimum atomic E-state index is 0.139. The first-order chi connectivity index (χ1) is 21.1. The van der Waals surface area contributed by atoms with E-state index in [0.29, 0.717) is 23.0 Å². The zero-order chi connectivity index (χ0) is 29.4. The second kappa shape index (κ2) is 12.7. The third-order valence-electron chi connectivity index (χ3n) is 6.68. The van der Waals surface area contributed by atoms with Crippen molar-refractivity contribution in [1.29, 1.82) is 0 Å². The summed E-state index contributed by atoms with van der Waals surface area (Å²) in [5.41, 5.74) is 4.91. The van der Waals surface area contributed by atoms with Gasteiger partial charge in [0.05, 0.1) is 0 Å². The lowest BCUT2D eigenvalue weighted by atomic mass is 10.1. The van der Waals surface area contributed by atoms with E-state index in [1.807, 2.05) is 66.7 Å². The molecule has 0 aromatic heterocycles. The average Bonchev–Trinajstić information content (AvgIpc) is 3.02. The fourth-order valence-electron chi connectivity index (χ4n) is 4.68. The van der Waals surface area contributed by atoms with Gasteiger partial charge >= 0.3 is 0 Å². The molecule has 0 saturated carbocycles. The molecular formula is C38H29NO4. The van der Waals surface area contributed by atoms with Gasteiger partial charge in [-0.2, -0.15) is 0 Å². The van der Waals surface area contributed by atoms with Crippen LogP contribution in [0.15, 0.2) is 152 Å². The minimum Gasteiger partial charge on any atom is -0.508 e. The molecule has 0 aliphatic carbocycles. The summed E-state index contributed by atoms with van der Waals surface area (Å²) in [7, 11) is 0. The van der Waals surface area contributed by atoms with Gasteiger partial charge in [-0.15, -0.1) is 0 Å². The fraction of sp³-hybridized carbons (Fsp3) is 0. The van der Waals surface area contributed by atoms with Crippen LogP contribution in [-0.4, -0.2) is 10.2 Å². The van der Waals surface area contributed by atoms with Crippen LogP contribution in [0, 0.1) is 0 Å². The van der Waals surface area contributed by atoms with Crippen molar-refractivity contribution in [2.24, 2.45) is 0 Å². The number of hydrogen-bond donors (Lipinski definition) is 2. The highest BCUT2D eigenvalue weighted by atomic mass is 16.5. The maximum Gasteiger partial charge on any atom is 0.131 e. The molecule has 0 amide bonds. The molecule has 0 aliphatic heterocycles. The van der Waals surface area contributed by atoms with Crippen LogP contribution in [0.1, 0.15) is 11.1 Å². The van der Waals surface area contributed by atoms with Gasteiger partial charge in [-0.25, -0.2) is 0 Å². The molecule has 5 nitrogen and oxygen atoms in total. The van der Waals surface area contributed by atoms with E-state index in [0.717, 1.165) is 28.2 Å². The Kier molecular flexibility index (Phi) is 8.05. The van der Waals surface area contributed by atoms with E-state index in [-0.39, 0.29) is 11.5 Å². The summed E-state index contributed by atoms with van der Waals surface area (Å²) in [6.07, 6.45) is 4.19. The van der Waals surface area contributed by atoms with Gasteiger partial charge in [0.2, 0.25) is 0 Å². The molecular weight excluding hydrogens is 534 g/mol. The number of rotatable bonds is 9. The van der Waals surface area contributed by atoms with E-state index in [2.05, 4.69) is 53.5 Å². The molecule has 5 heteroatoms. The van der Waals surface area contributed by atoms with Crippen molar-refractivity contribution < 1.29 is 19.7 Å². The van der Waals surface area contributed by atoms with Gasteiger partial charge < -0.3 is 24.6 Å². The summed E-state index contributed by atoms with van der Waals surface area (Å²) in [6.45, 7) is 0. The maximum absolute atomic E-state index is 9.88. The number of anilines is 3. The number of nitrogens with zero attached hydrogens (tertiary/aromatic N) is 1. The summed E-state index contributed by atoms with van der Waals surface area (Å²) in [5.74, 6) is 2.62. The molecule has 0 bridgehead atoms. The number of benzene rings is 6. The third-order valence-corrected chi connectivity index (χ3v) is 6.68. The number of aromatic hydroxyl groups is 2. The molecule has 43 heavy (non-hydrogen) atoms. The lowest BCUT2D eigenvalue weighted by Crippen LogP contribution is -2.10. The van der Waals surface area contributed by atoms with Crippen LogP contribution in [-0.2, 0) is 0 Å². The van der Waals surface area contributed by atoms with Crippen LogP contribution in [0.2, 0.25) is 0 Å². The van der Waals surface area contributed by atoms with Crippen molar-refractivity contribution in [3.05, 3.63) is 163 Å². The van der Waals surface area contributed by atoms with Crippen molar-refractivity contribution in [3.8, 4) is 34.5 Å². The van der Waals surface area contributed by atoms with Crippen LogP contribution < -0.4 is 14.4 Å². The van der Waals surface area contributed by atoms with Crippen molar-refractivity contribution in [2.45, 2.75) is 0 Å². The third kappa shape index (κ3) is 7.04. The molecule has 0 heterocycles. The van der Waals surface area contributed by atoms with Crippen LogP contribution >= 0.6 is 0 Å². The lowest BCUT2D eigenvalue weighted by Gasteiger charge is -2.26. The summed E-state index contributed by atoms with van der Waals surface area (Å²) >= 11 is 0. The van der Waals surface area contributed by atoms with E-state index in [1.165, 1.54) is 0 Å². The van der Waals surface area contributed by atoms with Gasteiger partial charge in [-0.05, 0) is 71.8 Å². The van der Waals surface area contributed by atoms with Crippen LogP contribution in [0.25, 0.3) is 12.2 Å². The largest absolute Gasteiger partial charge is 0.508 e. The highest BCUT2D eigenvalue weighted by molar-refractivity contribution is 5.79. The Hall–Kier alpha value is -5.94. The molecule has 0 radical (unpaired) electrons. The summed E-state index contributed by atoms with van der Waals surface area (Å²) < 4.78 is 12.2. The summed E-state index contributed by atoms with van der Waals surface area (Å²) in [5, 5.41) is 19.8.